The maximum atomic E-state index is 14.1. The minimum absolute atomic E-state index is 0.0696. The van der Waals surface area contributed by atoms with E-state index in [1.165, 1.54) is 24.1 Å². The molecule has 1 fully saturated rings. The number of phenols is 1. The van der Waals surface area contributed by atoms with Crippen LogP contribution in [0.25, 0.3) is 0 Å². The molecule has 1 aromatic carbocycles. The molecule has 0 saturated heterocycles. The third kappa shape index (κ3) is 7.86. The molecule has 2 rings (SSSR count). The lowest BCUT2D eigenvalue weighted by Gasteiger charge is -2.36. The van der Waals surface area contributed by atoms with Crippen LogP contribution in [0, 0.1) is 11.8 Å². The normalized spacial score (nSPS) is 19.3. The number of carbonyl (C=O) groups is 4. The van der Waals surface area contributed by atoms with Crippen LogP contribution in [-0.2, 0) is 23.9 Å². The predicted octanol–water partition coefficient (Wildman–Crippen LogP) is 2.90. The zero-order valence-electron chi connectivity index (χ0n) is 22.2. The Morgan fingerprint density at radius 3 is 2.36 bits per heavy atom. The number of hydrogen-bond donors (Lipinski definition) is 3. The Morgan fingerprint density at radius 1 is 1.22 bits per heavy atom. The van der Waals surface area contributed by atoms with E-state index in [0.717, 1.165) is 0 Å². The molecule has 1 saturated carbocycles. The lowest BCUT2D eigenvalue weighted by atomic mass is 9.95. The summed E-state index contributed by atoms with van der Waals surface area (Å²) in [7, 11) is 1.21. The summed E-state index contributed by atoms with van der Waals surface area (Å²) in [6.07, 6.45) is 0.533. The van der Waals surface area contributed by atoms with E-state index < -0.39 is 41.6 Å². The smallest absolute Gasteiger partial charge is 0.408 e. The van der Waals surface area contributed by atoms with Crippen LogP contribution in [0.3, 0.4) is 0 Å². The van der Waals surface area contributed by atoms with E-state index in [4.69, 9.17) is 4.74 Å². The third-order valence-corrected chi connectivity index (χ3v) is 6.18. The lowest BCUT2D eigenvalue weighted by Crippen LogP contribution is -2.56. The van der Waals surface area contributed by atoms with Gasteiger partial charge < -0.3 is 30.1 Å². The number of alkyl carbamates (subject to hydrolysis) is 1. The standard InChI is InChI=1S/C26H39N3O7/c1-8-15(2)21(28-25(34)36-26(4,5)6)24(33)29(19-12-16(19)3)22(17-10-9-11-18(30)13-17)23(32)27-14-20(31)35-7/h9-11,13,15-16,19,21-22,30H,8,12,14H2,1-7H3,(H,27,32)(H,28,34). The first-order chi connectivity index (χ1) is 16.8. The molecule has 0 bridgehead atoms. The van der Waals surface area contributed by atoms with Gasteiger partial charge in [0.15, 0.2) is 0 Å². The minimum Gasteiger partial charge on any atom is -0.508 e. The molecule has 0 heterocycles. The fourth-order valence-corrected chi connectivity index (χ4v) is 3.91. The summed E-state index contributed by atoms with van der Waals surface area (Å²) in [5, 5.41) is 15.4. The van der Waals surface area contributed by atoms with Crippen molar-refractivity contribution < 1.29 is 33.8 Å². The molecular formula is C26H39N3O7. The SMILES string of the molecule is CCC(C)C(NC(=O)OC(C)(C)C)C(=O)N(C(C(=O)NCC(=O)OC)c1cccc(O)c1)C1CC1C. The number of carbonyl (C=O) groups excluding carboxylic acids is 4. The fraction of sp³-hybridized carbons (Fsp3) is 0.615. The molecule has 0 spiro atoms. The highest BCUT2D eigenvalue weighted by molar-refractivity contribution is 5.93. The number of methoxy groups -OCH3 is 1. The second kappa shape index (κ2) is 12.1. The van der Waals surface area contributed by atoms with Crippen molar-refractivity contribution >= 4 is 23.9 Å². The molecule has 3 N–H and O–H groups in total. The maximum absolute atomic E-state index is 14.1. The van der Waals surface area contributed by atoms with E-state index >= 15 is 0 Å². The topological polar surface area (TPSA) is 134 Å². The quantitative estimate of drug-likeness (QED) is 0.416. The van der Waals surface area contributed by atoms with Gasteiger partial charge in [0.1, 0.15) is 30.0 Å². The van der Waals surface area contributed by atoms with Gasteiger partial charge in [-0.2, -0.15) is 0 Å². The van der Waals surface area contributed by atoms with Crippen molar-refractivity contribution in [2.75, 3.05) is 13.7 Å². The summed E-state index contributed by atoms with van der Waals surface area (Å²) in [6, 6.07) is 3.73. The molecule has 10 nitrogen and oxygen atoms in total. The molecule has 5 atom stereocenters. The Kier molecular flexibility index (Phi) is 9.72. The summed E-state index contributed by atoms with van der Waals surface area (Å²) >= 11 is 0. The number of ether oxygens (including phenoxy) is 2. The second-order valence-corrected chi connectivity index (χ2v) is 10.3. The number of phenolic OH excluding ortho intramolecular Hbond substituents is 1. The number of benzene rings is 1. The molecule has 36 heavy (non-hydrogen) atoms. The molecular weight excluding hydrogens is 466 g/mol. The molecule has 0 radical (unpaired) electrons. The number of nitrogens with one attached hydrogen (secondary N) is 2. The molecule has 1 aliphatic rings. The molecule has 1 aromatic rings. The highest BCUT2D eigenvalue weighted by atomic mass is 16.6. The van der Waals surface area contributed by atoms with E-state index in [-0.39, 0.29) is 30.2 Å². The molecule has 3 amide bonds. The molecule has 1 aliphatic carbocycles. The van der Waals surface area contributed by atoms with Crippen LogP contribution in [0.4, 0.5) is 4.79 Å². The first-order valence-electron chi connectivity index (χ1n) is 12.2. The largest absolute Gasteiger partial charge is 0.508 e. The van der Waals surface area contributed by atoms with Crippen LogP contribution < -0.4 is 10.6 Å². The average molecular weight is 506 g/mol. The molecule has 0 aliphatic heterocycles. The van der Waals surface area contributed by atoms with Gasteiger partial charge >= 0.3 is 12.1 Å². The Morgan fingerprint density at radius 2 is 1.86 bits per heavy atom. The average Bonchev–Trinajstić information content (AvgIpc) is 3.52. The number of esters is 1. The van der Waals surface area contributed by atoms with E-state index in [1.54, 1.807) is 32.9 Å². The van der Waals surface area contributed by atoms with Gasteiger partial charge in [0.05, 0.1) is 7.11 Å². The Hall–Kier alpha value is -3.30. The Balaban J connectivity index is 2.49. The third-order valence-electron chi connectivity index (χ3n) is 6.18. The number of hydrogen-bond acceptors (Lipinski definition) is 7. The highest BCUT2D eigenvalue weighted by Gasteiger charge is 2.49. The minimum atomic E-state index is -1.14. The van der Waals surface area contributed by atoms with Crippen LogP contribution >= 0.6 is 0 Å². The summed E-state index contributed by atoms with van der Waals surface area (Å²) < 4.78 is 10.0. The maximum Gasteiger partial charge on any atom is 0.408 e. The zero-order chi connectivity index (χ0) is 27.2. The van der Waals surface area contributed by atoms with Crippen molar-refractivity contribution in [3.05, 3.63) is 29.8 Å². The van der Waals surface area contributed by atoms with Crippen LogP contribution in [0.5, 0.6) is 5.75 Å². The van der Waals surface area contributed by atoms with Gasteiger partial charge in [-0.25, -0.2) is 4.79 Å². The summed E-state index contributed by atoms with van der Waals surface area (Å²) in [5.41, 5.74) is -0.375. The van der Waals surface area contributed by atoms with Gasteiger partial charge in [-0.1, -0.05) is 39.3 Å². The van der Waals surface area contributed by atoms with Crippen molar-refractivity contribution in [2.24, 2.45) is 11.8 Å². The molecule has 0 aromatic heterocycles. The molecule has 200 valence electrons. The van der Waals surface area contributed by atoms with Crippen LogP contribution in [0.2, 0.25) is 0 Å². The van der Waals surface area contributed by atoms with Gasteiger partial charge in [0, 0.05) is 6.04 Å². The van der Waals surface area contributed by atoms with Crippen molar-refractivity contribution in [3.8, 4) is 5.75 Å². The Bertz CT molecular complexity index is 959. The van der Waals surface area contributed by atoms with Crippen LogP contribution in [-0.4, -0.2) is 65.2 Å². The number of nitrogens with zero attached hydrogens (tertiary/aromatic N) is 1. The fourth-order valence-electron chi connectivity index (χ4n) is 3.91. The Labute approximate surface area is 212 Å². The first kappa shape index (κ1) is 28.9. The van der Waals surface area contributed by atoms with Gasteiger partial charge in [-0.15, -0.1) is 0 Å². The van der Waals surface area contributed by atoms with E-state index in [1.807, 2.05) is 20.8 Å². The monoisotopic (exact) mass is 505 g/mol. The van der Waals surface area contributed by atoms with Gasteiger partial charge in [0.25, 0.3) is 0 Å². The lowest BCUT2D eigenvalue weighted by molar-refractivity contribution is -0.146. The van der Waals surface area contributed by atoms with Gasteiger partial charge in [0.2, 0.25) is 11.8 Å². The number of amides is 3. The van der Waals surface area contributed by atoms with E-state index in [9.17, 15) is 24.3 Å². The van der Waals surface area contributed by atoms with Crippen molar-refractivity contribution in [3.63, 3.8) is 0 Å². The van der Waals surface area contributed by atoms with E-state index in [0.29, 0.717) is 18.4 Å². The van der Waals surface area contributed by atoms with Crippen molar-refractivity contribution in [2.45, 2.75) is 78.1 Å². The summed E-state index contributed by atoms with van der Waals surface area (Å²) in [4.78, 5) is 53.3. The number of rotatable bonds is 10. The van der Waals surface area contributed by atoms with Crippen molar-refractivity contribution in [1.29, 1.82) is 0 Å². The van der Waals surface area contributed by atoms with Gasteiger partial charge in [-0.05, 0) is 56.7 Å². The summed E-state index contributed by atoms with van der Waals surface area (Å²) in [6.45, 7) is 10.5. The predicted molar refractivity (Wildman–Crippen MR) is 133 cm³/mol. The number of aromatic hydroxyl groups is 1. The second-order valence-electron chi connectivity index (χ2n) is 10.3. The molecule has 5 unspecified atom stereocenters. The zero-order valence-corrected chi connectivity index (χ0v) is 22.2. The van der Waals surface area contributed by atoms with Crippen LogP contribution in [0.1, 0.15) is 66.0 Å². The molecule has 10 heteroatoms. The highest BCUT2D eigenvalue weighted by Crippen LogP contribution is 2.41. The first-order valence-corrected chi connectivity index (χ1v) is 12.2. The summed E-state index contributed by atoms with van der Waals surface area (Å²) in [5.74, 6) is -1.88. The van der Waals surface area contributed by atoms with Gasteiger partial charge in [-0.3, -0.25) is 14.4 Å². The van der Waals surface area contributed by atoms with E-state index in [2.05, 4.69) is 15.4 Å². The van der Waals surface area contributed by atoms with Crippen LogP contribution in [0.15, 0.2) is 24.3 Å². The van der Waals surface area contributed by atoms with Crippen molar-refractivity contribution in [1.82, 2.24) is 15.5 Å².